The molecule has 0 bridgehead atoms. The Hall–Kier alpha value is -1.47. The van der Waals surface area contributed by atoms with Gasteiger partial charge in [0, 0.05) is 18.4 Å². The second-order valence-electron chi connectivity index (χ2n) is 3.49. The number of nitrogens with zero attached hydrogens (tertiary/aromatic N) is 1. The molecule has 1 rings (SSSR count). The van der Waals surface area contributed by atoms with E-state index < -0.39 is 16.0 Å². The maximum atomic E-state index is 11.7. The smallest absolute Gasteiger partial charge is 0.337 e. The third kappa shape index (κ3) is 3.01. The molecule has 7 heteroatoms. The van der Waals surface area contributed by atoms with Crippen LogP contribution < -0.4 is 4.72 Å². The van der Waals surface area contributed by atoms with Gasteiger partial charge in [0.25, 0.3) is 0 Å². The molecule has 0 atom stereocenters. The van der Waals surface area contributed by atoms with Crippen LogP contribution in [0.4, 0.5) is 0 Å². The summed E-state index contributed by atoms with van der Waals surface area (Å²) in [5.74, 6) is -1.21. The molecule has 1 heterocycles. The second-order valence-corrected chi connectivity index (χ2v) is 5.20. The van der Waals surface area contributed by atoms with Gasteiger partial charge in [0.1, 0.15) is 4.90 Å². The molecule has 0 saturated carbocycles. The van der Waals surface area contributed by atoms with E-state index in [4.69, 9.17) is 5.11 Å². The summed E-state index contributed by atoms with van der Waals surface area (Å²) < 4.78 is 25.7. The van der Waals surface area contributed by atoms with Crippen LogP contribution in [0.25, 0.3) is 0 Å². The summed E-state index contributed by atoms with van der Waals surface area (Å²) in [6, 6.07) is 0.804. The number of rotatable bonds is 4. The minimum absolute atomic E-state index is 0.152. The Morgan fingerprint density at radius 3 is 2.56 bits per heavy atom. The van der Waals surface area contributed by atoms with Gasteiger partial charge in [-0.2, -0.15) is 0 Å². The quantitative estimate of drug-likeness (QED) is 0.802. The summed E-state index contributed by atoms with van der Waals surface area (Å²) in [4.78, 5) is 14.1. The lowest BCUT2D eigenvalue weighted by Crippen LogP contribution is -2.30. The molecular formula is C9H12N2O4S. The average molecular weight is 244 g/mol. The van der Waals surface area contributed by atoms with E-state index in [-0.39, 0.29) is 16.5 Å². The number of nitrogens with one attached hydrogen (secondary N) is 1. The topological polar surface area (TPSA) is 96.4 Å². The fourth-order valence-electron chi connectivity index (χ4n) is 1.06. The molecule has 0 aromatic carbocycles. The molecule has 6 nitrogen and oxygen atoms in total. The molecule has 0 amide bonds. The van der Waals surface area contributed by atoms with E-state index in [1.54, 1.807) is 13.8 Å². The van der Waals surface area contributed by atoms with E-state index in [2.05, 4.69) is 9.71 Å². The number of pyridine rings is 1. The Morgan fingerprint density at radius 1 is 1.44 bits per heavy atom. The van der Waals surface area contributed by atoms with Crippen LogP contribution in [0.15, 0.2) is 23.4 Å². The van der Waals surface area contributed by atoms with E-state index in [1.807, 2.05) is 0 Å². The van der Waals surface area contributed by atoms with Gasteiger partial charge in [-0.25, -0.2) is 17.9 Å². The zero-order valence-electron chi connectivity index (χ0n) is 8.84. The van der Waals surface area contributed by atoms with Gasteiger partial charge in [0.15, 0.2) is 0 Å². The van der Waals surface area contributed by atoms with Gasteiger partial charge < -0.3 is 5.11 Å². The number of carboxylic acid groups (broad SMARTS) is 1. The molecule has 0 aliphatic carbocycles. The molecule has 1 aromatic rings. The van der Waals surface area contributed by atoms with Crippen LogP contribution in [0.5, 0.6) is 0 Å². The number of aromatic carboxylic acids is 1. The van der Waals surface area contributed by atoms with Crippen molar-refractivity contribution in [1.29, 1.82) is 0 Å². The van der Waals surface area contributed by atoms with Gasteiger partial charge in [0.2, 0.25) is 10.0 Å². The highest BCUT2D eigenvalue weighted by Crippen LogP contribution is 2.10. The third-order valence-electron chi connectivity index (χ3n) is 1.66. The minimum Gasteiger partial charge on any atom is -0.478 e. The van der Waals surface area contributed by atoms with Crippen molar-refractivity contribution in [3.63, 3.8) is 0 Å². The zero-order valence-corrected chi connectivity index (χ0v) is 9.65. The highest BCUT2D eigenvalue weighted by atomic mass is 32.2. The van der Waals surface area contributed by atoms with Crippen molar-refractivity contribution in [3.8, 4) is 0 Å². The fraction of sp³-hybridized carbons (Fsp3) is 0.333. The van der Waals surface area contributed by atoms with Gasteiger partial charge >= 0.3 is 5.97 Å². The number of hydrogen-bond donors (Lipinski definition) is 2. The van der Waals surface area contributed by atoms with E-state index >= 15 is 0 Å². The van der Waals surface area contributed by atoms with Crippen molar-refractivity contribution < 1.29 is 18.3 Å². The number of hydrogen-bond acceptors (Lipinski definition) is 4. The van der Waals surface area contributed by atoms with Crippen molar-refractivity contribution >= 4 is 16.0 Å². The fourth-order valence-corrected chi connectivity index (χ4v) is 2.30. The van der Waals surface area contributed by atoms with Crippen LogP contribution >= 0.6 is 0 Å². The molecule has 88 valence electrons. The number of carbonyl (C=O) groups is 1. The molecule has 0 saturated heterocycles. The van der Waals surface area contributed by atoms with Gasteiger partial charge in [-0.3, -0.25) is 4.98 Å². The standard InChI is InChI=1S/C9H12N2O4S/c1-6(2)11-16(14,15)8-3-7(9(12)13)4-10-5-8/h3-6,11H,1-2H3,(H,12,13). The SMILES string of the molecule is CC(C)NS(=O)(=O)c1cncc(C(=O)O)c1. The van der Waals surface area contributed by atoms with Crippen molar-refractivity contribution in [2.24, 2.45) is 0 Å². The van der Waals surface area contributed by atoms with Crippen LogP contribution in [0.3, 0.4) is 0 Å². The first-order valence-corrected chi connectivity index (χ1v) is 6.02. The molecule has 1 aromatic heterocycles. The Kier molecular flexibility index (Phi) is 3.61. The van der Waals surface area contributed by atoms with E-state index in [0.717, 1.165) is 18.5 Å². The van der Waals surface area contributed by atoms with Crippen molar-refractivity contribution in [3.05, 3.63) is 24.0 Å². The summed E-state index contributed by atoms with van der Waals surface area (Å²) in [5, 5.41) is 8.70. The monoisotopic (exact) mass is 244 g/mol. The molecule has 0 aliphatic rings. The van der Waals surface area contributed by atoms with Gasteiger partial charge in [-0.1, -0.05) is 0 Å². The highest BCUT2D eigenvalue weighted by Gasteiger charge is 2.17. The van der Waals surface area contributed by atoms with Crippen LogP contribution in [-0.2, 0) is 10.0 Å². The van der Waals surface area contributed by atoms with E-state index in [0.29, 0.717) is 0 Å². The van der Waals surface area contributed by atoms with Crippen LogP contribution in [0, 0.1) is 0 Å². The molecule has 0 spiro atoms. The van der Waals surface area contributed by atoms with Crippen LogP contribution in [0.2, 0.25) is 0 Å². The molecule has 0 radical (unpaired) electrons. The summed E-state index contributed by atoms with van der Waals surface area (Å²) in [5.41, 5.74) is -0.161. The van der Waals surface area contributed by atoms with Crippen molar-refractivity contribution in [1.82, 2.24) is 9.71 Å². The molecular weight excluding hydrogens is 232 g/mol. The predicted octanol–water partition coefficient (Wildman–Crippen LogP) is 0.466. The Labute approximate surface area is 93.4 Å². The summed E-state index contributed by atoms with van der Waals surface area (Å²) >= 11 is 0. The van der Waals surface area contributed by atoms with E-state index in [1.165, 1.54) is 0 Å². The Morgan fingerprint density at radius 2 is 2.06 bits per heavy atom. The maximum absolute atomic E-state index is 11.7. The normalized spacial score (nSPS) is 11.7. The minimum atomic E-state index is -3.69. The van der Waals surface area contributed by atoms with Crippen molar-refractivity contribution in [2.75, 3.05) is 0 Å². The first-order valence-electron chi connectivity index (χ1n) is 4.53. The molecule has 2 N–H and O–H groups in total. The number of sulfonamides is 1. The van der Waals surface area contributed by atoms with E-state index in [9.17, 15) is 13.2 Å². The van der Waals surface area contributed by atoms with Gasteiger partial charge in [-0.15, -0.1) is 0 Å². The zero-order chi connectivity index (χ0) is 12.3. The first-order chi connectivity index (χ1) is 7.33. The summed E-state index contributed by atoms with van der Waals surface area (Å²) in [6.07, 6.45) is 2.20. The summed E-state index contributed by atoms with van der Waals surface area (Å²) in [6.45, 7) is 3.35. The third-order valence-corrected chi connectivity index (χ3v) is 3.29. The van der Waals surface area contributed by atoms with Gasteiger partial charge in [-0.05, 0) is 19.9 Å². The lowest BCUT2D eigenvalue weighted by Gasteiger charge is -2.09. The summed E-state index contributed by atoms with van der Waals surface area (Å²) in [7, 11) is -3.69. The molecule has 0 aliphatic heterocycles. The largest absolute Gasteiger partial charge is 0.478 e. The predicted molar refractivity (Wildman–Crippen MR) is 56.7 cm³/mol. The first kappa shape index (κ1) is 12.6. The molecule has 0 fully saturated rings. The maximum Gasteiger partial charge on any atom is 0.337 e. The highest BCUT2D eigenvalue weighted by molar-refractivity contribution is 7.89. The lowest BCUT2D eigenvalue weighted by molar-refractivity contribution is 0.0696. The molecule has 0 unspecified atom stereocenters. The Balaban J connectivity index is 3.14. The van der Waals surface area contributed by atoms with Crippen LogP contribution in [0.1, 0.15) is 24.2 Å². The second kappa shape index (κ2) is 4.58. The number of aromatic nitrogens is 1. The lowest BCUT2D eigenvalue weighted by atomic mass is 10.3. The van der Waals surface area contributed by atoms with Gasteiger partial charge in [0.05, 0.1) is 5.56 Å². The number of carboxylic acids is 1. The van der Waals surface area contributed by atoms with Crippen molar-refractivity contribution in [2.45, 2.75) is 24.8 Å². The average Bonchev–Trinajstić information content (AvgIpc) is 2.16. The molecule has 16 heavy (non-hydrogen) atoms. The Bertz CT molecular complexity index is 496. The van der Waals surface area contributed by atoms with Crippen LogP contribution in [-0.4, -0.2) is 30.5 Å².